The zero-order chi connectivity index (χ0) is 26.2. The molecule has 0 bridgehead atoms. The van der Waals surface area contributed by atoms with Crippen LogP contribution in [0.4, 0.5) is 30.5 Å². The number of halogens is 5. The van der Waals surface area contributed by atoms with Gasteiger partial charge in [0, 0.05) is 30.5 Å². The summed E-state index contributed by atoms with van der Waals surface area (Å²) in [7, 11) is 3.51. The number of nitrogens with zero attached hydrogens (tertiary/aromatic N) is 2. The van der Waals surface area contributed by atoms with E-state index in [1.807, 2.05) is 0 Å². The Bertz CT molecular complexity index is 1490. The predicted octanol–water partition coefficient (Wildman–Crippen LogP) is 6.54. The van der Waals surface area contributed by atoms with E-state index >= 15 is 0 Å². The number of carbonyl (C=O) groups excluding carboxylic acids is 2. The van der Waals surface area contributed by atoms with E-state index in [0.717, 1.165) is 12.1 Å². The minimum absolute atomic E-state index is 0. The van der Waals surface area contributed by atoms with Crippen LogP contribution >= 0.6 is 24.0 Å². The van der Waals surface area contributed by atoms with E-state index in [1.165, 1.54) is 24.3 Å². The van der Waals surface area contributed by atoms with E-state index in [1.54, 1.807) is 44.1 Å². The lowest BCUT2D eigenvalue weighted by Crippen LogP contribution is -2.19. The minimum atomic E-state index is -4.71. The first-order valence-electron chi connectivity index (χ1n) is 10.7. The number of anilines is 3. The van der Waals surface area contributed by atoms with Gasteiger partial charge in [0.25, 0.3) is 11.8 Å². The Labute approximate surface area is 221 Å². The van der Waals surface area contributed by atoms with Crippen LogP contribution < -0.4 is 15.5 Å². The Morgan fingerprint density at radius 2 is 1.65 bits per heavy atom. The molecule has 7 nitrogen and oxygen atoms in total. The molecule has 194 valence electrons. The van der Waals surface area contributed by atoms with E-state index in [0.29, 0.717) is 33.3 Å². The molecule has 3 N–H and O–H groups in total. The average Bonchev–Trinajstić information content (AvgIpc) is 3.25. The number of imidazole rings is 1. The Kier molecular flexibility index (Phi) is 8.04. The van der Waals surface area contributed by atoms with Gasteiger partial charge in [0.05, 0.1) is 22.2 Å². The molecule has 1 heterocycles. The van der Waals surface area contributed by atoms with Gasteiger partial charge in [-0.1, -0.05) is 29.8 Å². The first kappa shape index (κ1) is 27.8. The van der Waals surface area contributed by atoms with Gasteiger partial charge in [-0.2, -0.15) is 13.2 Å². The summed E-state index contributed by atoms with van der Waals surface area (Å²) in [6.45, 7) is 1.75. The summed E-state index contributed by atoms with van der Waals surface area (Å²) in [5.41, 5.74) is 0.504. The van der Waals surface area contributed by atoms with Crippen LogP contribution in [0.2, 0.25) is 5.02 Å². The Morgan fingerprint density at radius 3 is 2.32 bits per heavy atom. The molecular formula is C25H22Cl2F3N5O2. The molecule has 0 atom stereocenters. The standard InChI is InChI=1S/C25H21ClF3N5O2.ClH/c1-13-18(26)9-6-10-19(13)31-23(36)16-11-14(12-20-21(16)33-24(32-20)34(2)3)30-22(35)15-7-4-5-8-17(15)25(27,28)29;/h4-12H,1-3H3,(H,30,35)(H,31,36)(H,32,33);1H. The third kappa shape index (κ3) is 5.81. The molecule has 4 aromatic rings. The molecule has 12 heteroatoms. The van der Waals surface area contributed by atoms with Crippen molar-refractivity contribution in [3.8, 4) is 0 Å². The van der Waals surface area contributed by atoms with Gasteiger partial charge in [0.2, 0.25) is 5.95 Å². The van der Waals surface area contributed by atoms with Crippen LogP contribution in [-0.2, 0) is 6.18 Å². The topological polar surface area (TPSA) is 90.1 Å². The molecule has 2 amide bonds. The fourth-order valence-corrected chi connectivity index (χ4v) is 3.80. The molecule has 1 aromatic heterocycles. The van der Waals surface area contributed by atoms with Crippen LogP contribution in [-0.4, -0.2) is 35.9 Å². The molecule has 0 saturated heterocycles. The van der Waals surface area contributed by atoms with Gasteiger partial charge in [-0.05, 0) is 48.9 Å². The summed E-state index contributed by atoms with van der Waals surface area (Å²) in [5.74, 6) is -1.05. The molecule has 0 aliphatic heterocycles. The highest BCUT2D eigenvalue weighted by molar-refractivity contribution is 6.31. The molecule has 0 fully saturated rings. The van der Waals surface area contributed by atoms with E-state index in [4.69, 9.17) is 11.6 Å². The van der Waals surface area contributed by atoms with Gasteiger partial charge < -0.3 is 20.5 Å². The summed E-state index contributed by atoms with van der Waals surface area (Å²) in [4.78, 5) is 35.3. The van der Waals surface area contributed by atoms with E-state index < -0.39 is 29.1 Å². The van der Waals surface area contributed by atoms with Crippen molar-refractivity contribution in [3.63, 3.8) is 0 Å². The predicted molar refractivity (Wildman–Crippen MR) is 141 cm³/mol. The number of H-pyrrole nitrogens is 1. The average molecular weight is 552 g/mol. The second-order valence-electron chi connectivity index (χ2n) is 8.24. The zero-order valence-corrected chi connectivity index (χ0v) is 21.4. The molecule has 4 rings (SSSR count). The lowest BCUT2D eigenvalue weighted by atomic mass is 10.1. The summed E-state index contributed by atoms with van der Waals surface area (Å²) >= 11 is 6.16. The van der Waals surface area contributed by atoms with Crippen LogP contribution in [0.3, 0.4) is 0 Å². The van der Waals surface area contributed by atoms with E-state index in [2.05, 4.69) is 20.6 Å². The summed E-state index contributed by atoms with van der Waals surface area (Å²) in [6.07, 6.45) is -4.71. The van der Waals surface area contributed by atoms with E-state index in [9.17, 15) is 22.8 Å². The molecule has 0 radical (unpaired) electrons. The highest BCUT2D eigenvalue weighted by Crippen LogP contribution is 2.33. The van der Waals surface area contributed by atoms with Gasteiger partial charge in [-0.15, -0.1) is 12.4 Å². The first-order chi connectivity index (χ1) is 17.0. The van der Waals surface area contributed by atoms with Crippen molar-refractivity contribution in [2.75, 3.05) is 29.6 Å². The van der Waals surface area contributed by atoms with Crippen molar-refractivity contribution in [2.24, 2.45) is 0 Å². The number of hydrogen-bond donors (Lipinski definition) is 3. The lowest BCUT2D eigenvalue weighted by molar-refractivity contribution is -0.137. The minimum Gasteiger partial charge on any atom is -0.349 e. The van der Waals surface area contributed by atoms with Gasteiger partial charge in [0.15, 0.2) is 0 Å². The molecule has 3 aromatic carbocycles. The van der Waals surface area contributed by atoms with Crippen molar-refractivity contribution < 1.29 is 22.8 Å². The van der Waals surface area contributed by atoms with Crippen molar-refractivity contribution in [2.45, 2.75) is 13.1 Å². The first-order valence-corrected chi connectivity index (χ1v) is 11.1. The summed E-state index contributed by atoms with van der Waals surface area (Å²) < 4.78 is 40.2. The number of nitrogens with one attached hydrogen (secondary N) is 3. The molecule has 0 aliphatic rings. The number of hydrogen-bond acceptors (Lipinski definition) is 4. The lowest BCUT2D eigenvalue weighted by Gasteiger charge is -2.14. The maximum atomic E-state index is 13.4. The largest absolute Gasteiger partial charge is 0.417 e. The van der Waals surface area contributed by atoms with Crippen LogP contribution in [0, 0.1) is 6.92 Å². The van der Waals surface area contributed by atoms with Crippen molar-refractivity contribution in [3.05, 3.63) is 81.9 Å². The quantitative estimate of drug-likeness (QED) is 0.263. The highest BCUT2D eigenvalue weighted by atomic mass is 35.5. The fraction of sp³-hybridized carbons (Fsp3) is 0.160. The van der Waals surface area contributed by atoms with Crippen LogP contribution in [0.5, 0.6) is 0 Å². The molecule has 0 unspecified atom stereocenters. The Balaban J connectivity index is 0.00000380. The second kappa shape index (κ2) is 10.7. The number of aromatic nitrogens is 2. The number of aromatic amines is 1. The highest BCUT2D eigenvalue weighted by Gasteiger charge is 2.35. The molecule has 0 spiro atoms. The number of alkyl halides is 3. The molecular weight excluding hydrogens is 530 g/mol. The monoisotopic (exact) mass is 551 g/mol. The summed E-state index contributed by atoms with van der Waals surface area (Å²) in [5, 5.41) is 5.74. The van der Waals surface area contributed by atoms with Gasteiger partial charge in [-0.25, -0.2) is 4.98 Å². The van der Waals surface area contributed by atoms with Gasteiger partial charge in [-0.3, -0.25) is 9.59 Å². The number of amides is 2. The SMILES string of the molecule is Cc1c(Cl)cccc1NC(=O)c1cc(NC(=O)c2ccccc2C(F)(F)F)cc2[nH]c(N(C)C)nc12.Cl. The third-order valence-corrected chi connectivity index (χ3v) is 5.90. The molecule has 0 saturated carbocycles. The zero-order valence-electron chi connectivity index (χ0n) is 19.8. The normalized spacial score (nSPS) is 11.1. The van der Waals surface area contributed by atoms with Crippen molar-refractivity contribution >= 4 is 64.2 Å². The maximum Gasteiger partial charge on any atom is 0.417 e. The number of carbonyl (C=O) groups is 2. The smallest absolute Gasteiger partial charge is 0.349 e. The third-order valence-electron chi connectivity index (χ3n) is 5.49. The molecule has 0 aliphatic carbocycles. The van der Waals surface area contributed by atoms with E-state index in [-0.39, 0.29) is 23.7 Å². The van der Waals surface area contributed by atoms with Crippen molar-refractivity contribution in [1.29, 1.82) is 0 Å². The van der Waals surface area contributed by atoms with Crippen LogP contribution in [0.25, 0.3) is 11.0 Å². The maximum absolute atomic E-state index is 13.4. The van der Waals surface area contributed by atoms with Crippen LogP contribution in [0.15, 0.2) is 54.6 Å². The summed E-state index contributed by atoms with van der Waals surface area (Å²) in [6, 6.07) is 12.4. The number of benzene rings is 3. The fourth-order valence-electron chi connectivity index (χ4n) is 3.62. The van der Waals surface area contributed by atoms with Crippen molar-refractivity contribution in [1.82, 2.24) is 9.97 Å². The van der Waals surface area contributed by atoms with Crippen LogP contribution in [0.1, 0.15) is 31.8 Å². The Morgan fingerprint density at radius 1 is 0.973 bits per heavy atom. The Hall–Kier alpha value is -3.76. The molecule has 37 heavy (non-hydrogen) atoms. The van der Waals surface area contributed by atoms with Gasteiger partial charge in [0.1, 0.15) is 5.52 Å². The second-order valence-corrected chi connectivity index (χ2v) is 8.65. The van der Waals surface area contributed by atoms with Gasteiger partial charge >= 0.3 is 6.18 Å². The number of rotatable bonds is 5. The number of fused-ring (bicyclic) bond motifs is 1.